The van der Waals surface area contributed by atoms with E-state index in [1.807, 2.05) is 31.2 Å². The lowest BCUT2D eigenvalue weighted by Gasteiger charge is -2.38. The second kappa shape index (κ2) is 8.60. The normalized spacial score (nSPS) is 21.9. The second-order valence-corrected chi connectivity index (χ2v) is 12.6. The van der Waals surface area contributed by atoms with E-state index >= 15 is 0 Å². The van der Waals surface area contributed by atoms with E-state index < -0.39 is 22.0 Å². The van der Waals surface area contributed by atoms with Gasteiger partial charge in [0.15, 0.2) is 11.6 Å². The maximum atomic E-state index is 13.6. The summed E-state index contributed by atoms with van der Waals surface area (Å²) in [5.74, 6) is -0.973. The van der Waals surface area contributed by atoms with Gasteiger partial charge < -0.3 is 4.18 Å². The number of hydrogen-bond acceptors (Lipinski definition) is 6. The molecule has 0 saturated carbocycles. The van der Waals surface area contributed by atoms with Gasteiger partial charge in [-0.25, -0.2) is 0 Å². The molecule has 38 heavy (non-hydrogen) atoms. The van der Waals surface area contributed by atoms with Crippen molar-refractivity contribution in [3.8, 4) is 5.75 Å². The number of carbonyl (C=O) groups is 2. The first-order chi connectivity index (χ1) is 18.0. The summed E-state index contributed by atoms with van der Waals surface area (Å²) in [5.41, 5.74) is 4.97. The van der Waals surface area contributed by atoms with E-state index in [0.29, 0.717) is 29.7 Å². The van der Waals surface area contributed by atoms with Crippen molar-refractivity contribution in [2.24, 2.45) is 16.3 Å². The Morgan fingerprint density at radius 1 is 0.842 bits per heavy atom. The number of aliphatic imine (C=N–C) groups is 1. The molecule has 3 aromatic carbocycles. The van der Waals surface area contributed by atoms with E-state index in [-0.39, 0.29) is 27.6 Å². The molecular formula is C31H27NO5S. The van der Waals surface area contributed by atoms with Gasteiger partial charge in [-0.2, -0.15) is 8.42 Å². The highest BCUT2D eigenvalue weighted by Gasteiger charge is 2.50. The Morgan fingerprint density at radius 3 is 2.18 bits per heavy atom. The number of rotatable bonds is 4. The topological polar surface area (TPSA) is 89.9 Å². The number of fused-ring (bicyclic) bond motifs is 3. The molecule has 192 valence electrons. The number of allylic oxidation sites excluding steroid dienone is 2. The summed E-state index contributed by atoms with van der Waals surface area (Å²) in [6, 6.07) is 20.6. The van der Waals surface area contributed by atoms with E-state index in [4.69, 9.17) is 9.18 Å². The lowest BCUT2D eigenvalue weighted by Crippen LogP contribution is -2.37. The summed E-state index contributed by atoms with van der Waals surface area (Å²) in [4.78, 5) is 32.1. The van der Waals surface area contributed by atoms with Crippen LogP contribution in [0.3, 0.4) is 0 Å². The number of Topliss-reactive ketones (excluding diaryl/α,β-unsaturated/α-hetero) is 2. The van der Waals surface area contributed by atoms with Crippen molar-refractivity contribution >= 4 is 27.4 Å². The highest BCUT2D eigenvalue weighted by atomic mass is 32.2. The van der Waals surface area contributed by atoms with Gasteiger partial charge in [0.2, 0.25) is 0 Å². The van der Waals surface area contributed by atoms with Crippen molar-refractivity contribution in [2.75, 3.05) is 0 Å². The highest BCUT2D eigenvalue weighted by molar-refractivity contribution is 7.87. The number of nitrogens with zero attached hydrogens (tertiary/aromatic N) is 1. The summed E-state index contributed by atoms with van der Waals surface area (Å²) in [6.45, 7) is 6.00. The van der Waals surface area contributed by atoms with Crippen molar-refractivity contribution < 1.29 is 22.2 Å². The van der Waals surface area contributed by atoms with E-state index in [9.17, 15) is 18.0 Å². The number of hydrogen-bond donors (Lipinski definition) is 0. The third-order valence-electron chi connectivity index (χ3n) is 7.60. The van der Waals surface area contributed by atoms with Crippen LogP contribution in [0.2, 0.25) is 0 Å². The molecule has 0 spiro atoms. The molecular weight excluding hydrogens is 498 g/mol. The first-order valence-electron chi connectivity index (χ1n) is 12.6. The third kappa shape index (κ3) is 4.02. The fraction of sp³-hybridized carbons (Fsp3) is 0.258. The van der Waals surface area contributed by atoms with Gasteiger partial charge in [-0.1, -0.05) is 67.9 Å². The SMILES string of the molecule is Cc1ccc(S(=O)(=O)Oc2ccc([C@H]3C4=C(CC(C)(C)CC4=O)N=C4c5ccccc5C(=O)[C@@H]43)cc2)cc1. The molecule has 0 saturated heterocycles. The molecule has 7 heteroatoms. The molecule has 3 aromatic rings. The average Bonchev–Trinajstić information content (AvgIpc) is 3.14. The van der Waals surface area contributed by atoms with E-state index in [2.05, 4.69) is 13.8 Å². The molecule has 2 aliphatic carbocycles. The Bertz CT molecular complexity index is 1660. The molecule has 0 bridgehead atoms. The molecule has 1 heterocycles. The van der Waals surface area contributed by atoms with Crippen LogP contribution in [0.1, 0.15) is 59.7 Å². The number of ketones is 2. The Kier molecular flexibility index (Phi) is 5.54. The van der Waals surface area contributed by atoms with Crippen LogP contribution in [0, 0.1) is 18.3 Å². The first kappa shape index (κ1) is 24.5. The Morgan fingerprint density at radius 2 is 1.50 bits per heavy atom. The second-order valence-electron chi connectivity index (χ2n) is 11.1. The molecule has 0 fully saturated rings. The fourth-order valence-electron chi connectivity index (χ4n) is 5.86. The molecule has 0 aromatic heterocycles. The van der Waals surface area contributed by atoms with Crippen molar-refractivity contribution in [1.29, 1.82) is 0 Å². The van der Waals surface area contributed by atoms with Crippen LogP contribution in [0.5, 0.6) is 5.75 Å². The molecule has 0 N–H and O–H groups in total. The van der Waals surface area contributed by atoms with Crippen LogP contribution < -0.4 is 4.18 Å². The largest absolute Gasteiger partial charge is 0.379 e. The van der Waals surface area contributed by atoms with Gasteiger partial charge in [0.25, 0.3) is 0 Å². The first-order valence-corrected chi connectivity index (χ1v) is 14.0. The Balaban J connectivity index is 1.40. The van der Waals surface area contributed by atoms with Crippen LogP contribution in [-0.2, 0) is 14.9 Å². The lowest BCUT2D eigenvalue weighted by atomic mass is 9.66. The van der Waals surface area contributed by atoms with Crippen LogP contribution in [-0.4, -0.2) is 25.7 Å². The van der Waals surface area contributed by atoms with E-state index in [1.165, 1.54) is 12.1 Å². The van der Waals surface area contributed by atoms with Gasteiger partial charge in [-0.15, -0.1) is 0 Å². The standard InChI is InChI=1S/C31H27NO5S/c1-18-8-14-21(15-9-18)38(35,36)37-20-12-10-19(11-13-20)26-27-24(16-31(2,3)17-25(27)33)32-29-22-6-4-5-7-23(22)30(34)28(26)29/h4-15,26,28H,16-17H2,1-3H3/t26-,28+/m0/s1. The van der Waals surface area contributed by atoms with Crippen LogP contribution in [0.15, 0.2) is 94.0 Å². The van der Waals surface area contributed by atoms with Gasteiger partial charge in [-0.05, 0) is 48.6 Å². The zero-order chi connectivity index (χ0) is 26.8. The quantitative estimate of drug-likeness (QED) is 0.401. The third-order valence-corrected chi connectivity index (χ3v) is 8.86. The lowest BCUT2D eigenvalue weighted by molar-refractivity contribution is -0.118. The Labute approximate surface area is 222 Å². The van der Waals surface area contributed by atoms with Gasteiger partial charge >= 0.3 is 10.1 Å². The summed E-state index contributed by atoms with van der Waals surface area (Å²) in [7, 11) is -4.00. The van der Waals surface area contributed by atoms with Crippen LogP contribution in [0.4, 0.5) is 0 Å². The van der Waals surface area contributed by atoms with Crippen LogP contribution in [0.25, 0.3) is 0 Å². The molecule has 0 amide bonds. The van der Waals surface area contributed by atoms with Crippen molar-refractivity contribution in [3.05, 3.63) is 106 Å². The molecule has 0 unspecified atom stereocenters. The minimum atomic E-state index is -4.00. The van der Waals surface area contributed by atoms with Crippen LogP contribution >= 0.6 is 0 Å². The molecule has 1 aliphatic heterocycles. The molecule has 6 nitrogen and oxygen atoms in total. The summed E-state index contributed by atoms with van der Waals surface area (Å²) in [6.07, 6.45) is 1.03. The monoisotopic (exact) mass is 525 g/mol. The highest BCUT2D eigenvalue weighted by Crippen LogP contribution is 2.51. The smallest absolute Gasteiger partial charge is 0.339 e. The van der Waals surface area contributed by atoms with Crippen molar-refractivity contribution in [2.45, 2.75) is 44.4 Å². The zero-order valence-corrected chi connectivity index (χ0v) is 22.2. The molecule has 0 radical (unpaired) electrons. The van der Waals surface area contributed by atoms with Crippen molar-refractivity contribution in [3.63, 3.8) is 0 Å². The molecule has 2 atom stereocenters. The molecule has 3 aliphatic rings. The minimum Gasteiger partial charge on any atom is -0.379 e. The van der Waals surface area contributed by atoms with E-state index in [1.54, 1.807) is 36.4 Å². The molecule has 6 rings (SSSR count). The summed E-state index contributed by atoms with van der Waals surface area (Å²) < 4.78 is 30.9. The predicted molar refractivity (Wildman–Crippen MR) is 144 cm³/mol. The van der Waals surface area contributed by atoms with Gasteiger partial charge in [-0.3, -0.25) is 14.6 Å². The maximum absolute atomic E-state index is 13.6. The Hall–Kier alpha value is -3.84. The predicted octanol–water partition coefficient (Wildman–Crippen LogP) is 5.80. The number of aryl methyl sites for hydroxylation is 1. The fourth-order valence-corrected chi connectivity index (χ4v) is 6.79. The zero-order valence-electron chi connectivity index (χ0n) is 21.4. The summed E-state index contributed by atoms with van der Waals surface area (Å²) >= 11 is 0. The number of carbonyl (C=O) groups excluding carboxylic acids is 2. The van der Waals surface area contributed by atoms with Gasteiger partial charge in [0, 0.05) is 34.7 Å². The number of benzene rings is 3. The minimum absolute atomic E-state index is 0.00933. The van der Waals surface area contributed by atoms with Gasteiger partial charge in [0.1, 0.15) is 10.6 Å². The summed E-state index contributed by atoms with van der Waals surface area (Å²) in [5, 5.41) is 0. The van der Waals surface area contributed by atoms with Gasteiger partial charge in [0.05, 0.1) is 11.6 Å². The average molecular weight is 526 g/mol. The maximum Gasteiger partial charge on any atom is 0.339 e. The van der Waals surface area contributed by atoms with E-state index in [0.717, 1.165) is 22.4 Å². The van der Waals surface area contributed by atoms with Crippen molar-refractivity contribution in [1.82, 2.24) is 0 Å².